The van der Waals surface area contributed by atoms with Crippen LogP contribution in [0, 0.1) is 5.92 Å². The molecule has 2 atom stereocenters. The molecule has 2 unspecified atom stereocenters. The molecule has 2 fully saturated rings. The fraction of sp³-hybridized carbons (Fsp3) is 0.458. The molecular formula is C24H25F3N6O2. The number of nitrogens with two attached hydrogens (primary N) is 1. The number of aromatic hydroxyl groups is 1. The van der Waals surface area contributed by atoms with Crippen LogP contribution in [0.3, 0.4) is 0 Å². The Morgan fingerprint density at radius 2 is 2.03 bits per heavy atom. The van der Waals surface area contributed by atoms with E-state index in [2.05, 4.69) is 20.0 Å². The molecule has 184 valence electrons. The van der Waals surface area contributed by atoms with Gasteiger partial charge in [0.05, 0.1) is 41.8 Å². The molecule has 0 amide bonds. The van der Waals surface area contributed by atoms with E-state index in [0.29, 0.717) is 31.3 Å². The molecule has 3 aromatic rings. The number of nitrogens with zero attached hydrogens (tertiary/aromatic N) is 5. The zero-order valence-electron chi connectivity index (χ0n) is 18.9. The van der Waals surface area contributed by atoms with Crippen molar-refractivity contribution in [2.24, 2.45) is 5.92 Å². The maximum atomic E-state index is 13.4. The number of likely N-dealkylation sites (tertiary alicyclic amines) is 1. The third kappa shape index (κ3) is 3.92. The summed E-state index contributed by atoms with van der Waals surface area (Å²) in [6, 6.07) is 8.23. The average Bonchev–Trinajstić information content (AvgIpc) is 3.39. The van der Waals surface area contributed by atoms with Crippen molar-refractivity contribution in [1.82, 2.24) is 24.6 Å². The van der Waals surface area contributed by atoms with Gasteiger partial charge >= 0.3 is 6.18 Å². The molecule has 1 saturated carbocycles. The number of pyridine rings is 2. The normalized spacial score (nSPS) is 23.5. The van der Waals surface area contributed by atoms with Crippen LogP contribution < -0.4 is 5.73 Å². The second kappa shape index (κ2) is 7.92. The maximum absolute atomic E-state index is 13.4. The van der Waals surface area contributed by atoms with Gasteiger partial charge in [0.25, 0.3) is 0 Å². The largest absolute Gasteiger partial charge is 0.493 e. The Bertz CT molecular complexity index is 1270. The molecule has 6 rings (SSSR count). The Balaban J connectivity index is 1.33. The van der Waals surface area contributed by atoms with Crippen molar-refractivity contribution in [3.63, 3.8) is 0 Å². The first-order chi connectivity index (χ1) is 16.7. The van der Waals surface area contributed by atoms with Crippen molar-refractivity contribution in [3.8, 4) is 17.1 Å². The second-order valence-electron chi connectivity index (χ2n) is 9.56. The third-order valence-electron chi connectivity index (χ3n) is 7.23. The molecule has 0 bridgehead atoms. The zero-order chi connectivity index (χ0) is 24.4. The van der Waals surface area contributed by atoms with Gasteiger partial charge in [0.15, 0.2) is 0 Å². The molecule has 0 radical (unpaired) electrons. The van der Waals surface area contributed by atoms with E-state index in [9.17, 15) is 18.3 Å². The SMILES string of the molecule is Nc1ncc(-c2cc3n(n2)CCOC32CCN(C(c3cccc(O)n3)C3CC3)C2)cc1C(F)(F)F. The van der Waals surface area contributed by atoms with E-state index in [1.807, 2.05) is 22.9 Å². The number of hydrogen-bond acceptors (Lipinski definition) is 7. The summed E-state index contributed by atoms with van der Waals surface area (Å²) in [5.41, 5.74) is 6.27. The van der Waals surface area contributed by atoms with Crippen molar-refractivity contribution >= 4 is 5.82 Å². The highest BCUT2D eigenvalue weighted by Gasteiger charge is 2.50. The molecule has 3 aromatic heterocycles. The Morgan fingerprint density at radius 3 is 2.77 bits per heavy atom. The van der Waals surface area contributed by atoms with E-state index in [4.69, 9.17) is 10.5 Å². The monoisotopic (exact) mass is 486 g/mol. The van der Waals surface area contributed by atoms with E-state index in [0.717, 1.165) is 43.3 Å². The van der Waals surface area contributed by atoms with Crippen LogP contribution in [-0.2, 0) is 23.1 Å². The number of alkyl halides is 3. The van der Waals surface area contributed by atoms with Crippen LogP contribution in [0.25, 0.3) is 11.3 Å². The van der Waals surface area contributed by atoms with Crippen molar-refractivity contribution in [1.29, 1.82) is 0 Å². The molecule has 2 aliphatic heterocycles. The van der Waals surface area contributed by atoms with Crippen LogP contribution >= 0.6 is 0 Å². The van der Waals surface area contributed by atoms with Crippen molar-refractivity contribution in [2.75, 3.05) is 25.4 Å². The lowest BCUT2D eigenvalue weighted by atomic mass is 9.96. The van der Waals surface area contributed by atoms with E-state index in [1.165, 1.54) is 6.20 Å². The van der Waals surface area contributed by atoms with E-state index >= 15 is 0 Å². The minimum Gasteiger partial charge on any atom is -0.493 e. The summed E-state index contributed by atoms with van der Waals surface area (Å²) in [6.45, 7) is 2.38. The Hall–Kier alpha value is -3.18. The van der Waals surface area contributed by atoms with E-state index in [-0.39, 0.29) is 17.5 Å². The number of fused-ring (bicyclic) bond motifs is 2. The predicted molar refractivity (Wildman–Crippen MR) is 120 cm³/mol. The Morgan fingerprint density at radius 1 is 1.20 bits per heavy atom. The first-order valence-corrected chi connectivity index (χ1v) is 11.7. The van der Waals surface area contributed by atoms with Gasteiger partial charge in [-0.2, -0.15) is 18.3 Å². The quantitative estimate of drug-likeness (QED) is 0.579. The minimum atomic E-state index is -4.60. The number of anilines is 1. The minimum absolute atomic E-state index is 0.00836. The highest BCUT2D eigenvalue weighted by Crippen LogP contribution is 2.49. The molecule has 3 N–H and O–H groups in total. The van der Waals surface area contributed by atoms with Crippen molar-refractivity contribution in [3.05, 3.63) is 53.5 Å². The number of halogens is 3. The van der Waals surface area contributed by atoms with Gasteiger partial charge in [-0.3, -0.25) is 9.58 Å². The molecule has 1 spiro atoms. The molecule has 5 heterocycles. The van der Waals surface area contributed by atoms with Gasteiger partial charge in [-0.25, -0.2) is 9.97 Å². The number of ether oxygens (including phenoxy) is 1. The molecule has 3 aliphatic rings. The van der Waals surface area contributed by atoms with Gasteiger partial charge in [0, 0.05) is 30.9 Å². The Labute approximate surface area is 199 Å². The number of nitrogen functional groups attached to an aromatic ring is 1. The zero-order valence-corrected chi connectivity index (χ0v) is 18.9. The second-order valence-corrected chi connectivity index (χ2v) is 9.56. The predicted octanol–water partition coefficient (Wildman–Crippen LogP) is 3.73. The van der Waals surface area contributed by atoms with Crippen molar-refractivity contribution in [2.45, 2.75) is 43.6 Å². The third-order valence-corrected chi connectivity index (χ3v) is 7.23. The van der Waals surface area contributed by atoms with Gasteiger partial charge in [-0.1, -0.05) is 6.07 Å². The van der Waals surface area contributed by atoms with Gasteiger partial charge in [-0.05, 0) is 43.4 Å². The number of rotatable bonds is 4. The summed E-state index contributed by atoms with van der Waals surface area (Å²) in [4.78, 5) is 10.5. The summed E-state index contributed by atoms with van der Waals surface area (Å²) in [6.07, 6.45) is -0.321. The van der Waals surface area contributed by atoms with Gasteiger partial charge in [-0.15, -0.1) is 0 Å². The van der Waals surface area contributed by atoms with Gasteiger partial charge in [0.2, 0.25) is 5.88 Å². The summed E-state index contributed by atoms with van der Waals surface area (Å²) >= 11 is 0. The highest BCUT2D eigenvalue weighted by molar-refractivity contribution is 5.63. The van der Waals surface area contributed by atoms with Crippen LogP contribution in [0.5, 0.6) is 5.88 Å². The lowest BCUT2D eigenvalue weighted by Gasteiger charge is -2.35. The molecule has 1 saturated heterocycles. The molecule has 8 nitrogen and oxygen atoms in total. The summed E-state index contributed by atoms with van der Waals surface area (Å²) in [5, 5.41) is 14.5. The standard InChI is InChI=1S/C24H25F3N6O2/c25-24(26,27)16-10-15(12-29-22(16)28)18-11-19-23(35-9-8-33(19)31-18)6-7-32(13-23)21(14-4-5-14)17-2-1-3-20(34)30-17/h1-3,10-12,14,21H,4-9,13H2,(H2,28,29)(H,30,34). The molecule has 1 aliphatic carbocycles. The van der Waals surface area contributed by atoms with Crippen LogP contribution in [0.15, 0.2) is 36.5 Å². The molecule has 35 heavy (non-hydrogen) atoms. The average molecular weight is 486 g/mol. The first-order valence-electron chi connectivity index (χ1n) is 11.7. The summed E-state index contributed by atoms with van der Waals surface area (Å²) < 4.78 is 48.3. The Kier molecular flexibility index (Phi) is 5.05. The molecular weight excluding hydrogens is 461 g/mol. The van der Waals surface area contributed by atoms with Crippen LogP contribution in [0.4, 0.5) is 19.0 Å². The first kappa shape index (κ1) is 22.3. The lowest BCUT2D eigenvalue weighted by Crippen LogP contribution is -2.41. The smallest absolute Gasteiger partial charge is 0.419 e. The fourth-order valence-corrected chi connectivity index (χ4v) is 5.46. The van der Waals surface area contributed by atoms with Gasteiger partial charge in [0.1, 0.15) is 11.4 Å². The van der Waals surface area contributed by atoms with Crippen LogP contribution in [0.2, 0.25) is 0 Å². The molecule has 0 aromatic carbocycles. The number of aromatic nitrogens is 4. The summed E-state index contributed by atoms with van der Waals surface area (Å²) in [7, 11) is 0. The summed E-state index contributed by atoms with van der Waals surface area (Å²) in [5.74, 6) is -0.0673. The van der Waals surface area contributed by atoms with E-state index in [1.54, 1.807) is 6.07 Å². The highest BCUT2D eigenvalue weighted by atomic mass is 19.4. The fourth-order valence-electron chi connectivity index (χ4n) is 5.46. The van der Waals surface area contributed by atoms with Gasteiger partial charge < -0.3 is 15.6 Å². The topological polar surface area (TPSA) is 102 Å². The van der Waals surface area contributed by atoms with Crippen LogP contribution in [-0.4, -0.2) is 49.5 Å². The van der Waals surface area contributed by atoms with Crippen LogP contribution in [0.1, 0.15) is 42.3 Å². The van der Waals surface area contributed by atoms with Crippen molar-refractivity contribution < 1.29 is 23.0 Å². The lowest BCUT2D eigenvalue weighted by molar-refractivity contribution is -0.137. The van der Waals surface area contributed by atoms with E-state index < -0.39 is 23.2 Å². The molecule has 11 heteroatoms. The number of hydrogen-bond donors (Lipinski definition) is 2. The maximum Gasteiger partial charge on any atom is 0.419 e.